The highest BCUT2D eigenvalue weighted by molar-refractivity contribution is 5.35. The summed E-state index contributed by atoms with van der Waals surface area (Å²) in [6.07, 6.45) is 7.29. The van der Waals surface area contributed by atoms with Gasteiger partial charge in [-0.05, 0) is 0 Å². The summed E-state index contributed by atoms with van der Waals surface area (Å²) in [6, 6.07) is 2.07. The third kappa shape index (κ3) is 1.01. The Morgan fingerprint density at radius 2 is 2.42 bits per heavy atom. The Kier molecular flexibility index (Phi) is 1.49. The molecule has 0 amide bonds. The van der Waals surface area contributed by atoms with Crippen LogP contribution in [-0.2, 0) is 6.42 Å². The van der Waals surface area contributed by atoms with E-state index in [4.69, 9.17) is 5.26 Å². The quantitative estimate of drug-likeness (QED) is 0.616. The maximum Gasteiger partial charge on any atom is 0.156 e. The Labute approximate surface area is 69.1 Å². The van der Waals surface area contributed by atoms with Crippen molar-refractivity contribution in [1.82, 2.24) is 14.4 Å². The molecule has 0 aliphatic rings. The highest BCUT2D eigenvalue weighted by Crippen LogP contribution is 2.01. The van der Waals surface area contributed by atoms with Gasteiger partial charge in [-0.3, -0.25) is 4.40 Å². The van der Waals surface area contributed by atoms with Crippen LogP contribution in [0.15, 0.2) is 24.9 Å². The van der Waals surface area contributed by atoms with Crippen LogP contribution in [0.1, 0.15) is 5.56 Å². The summed E-state index contributed by atoms with van der Waals surface area (Å²) in [5, 5.41) is 8.44. The zero-order valence-electron chi connectivity index (χ0n) is 6.31. The van der Waals surface area contributed by atoms with Crippen LogP contribution in [-0.4, -0.2) is 14.4 Å². The van der Waals surface area contributed by atoms with Crippen LogP contribution in [0.5, 0.6) is 0 Å². The second-order valence-electron chi connectivity index (χ2n) is 2.46. The predicted octanol–water partition coefficient (Wildman–Crippen LogP) is 0.795. The van der Waals surface area contributed by atoms with Gasteiger partial charge in [-0.15, -0.1) is 0 Å². The molecule has 0 aliphatic carbocycles. The van der Waals surface area contributed by atoms with Gasteiger partial charge in [0.15, 0.2) is 5.65 Å². The van der Waals surface area contributed by atoms with E-state index in [9.17, 15) is 0 Å². The Morgan fingerprint density at radius 3 is 3.25 bits per heavy atom. The first-order valence-electron chi connectivity index (χ1n) is 3.53. The summed E-state index contributed by atoms with van der Waals surface area (Å²) in [7, 11) is 0. The molecule has 0 saturated heterocycles. The summed E-state index contributed by atoms with van der Waals surface area (Å²) in [4.78, 5) is 8.03. The van der Waals surface area contributed by atoms with E-state index < -0.39 is 0 Å². The minimum atomic E-state index is 0.390. The molecule has 0 N–H and O–H groups in total. The van der Waals surface area contributed by atoms with Crippen molar-refractivity contribution in [1.29, 1.82) is 5.26 Å². The Hall–Kier alpha value is -1.89. The molecule has 4 heteroatoms. The van der Waals surface area contributed by atoms with Gasteiger partial charge in [0.05, 0.1) is 18.7 Å². The van der Waals surface area contributed by atoms with Crippen LogP contribution in [0.2, 0.25) is 0 Å². The second-order valence-corrected chi connectivity index (χ2v) is 2.46. The molecule has 0 saturated carbocycles. The zero-order chi connectivity index (χ0) is 8.39. The van der Waals surface area contributed by atoms with Crippen molar-refractivity contribution in [2.24, 2.45) is 0 Å². The topological polar surface area (TPSA) is 54.0 Å². The molecule has 0 aromatic carbocycles. The monoisotopic (exact) mass is 158 g/mol. The fourth-order valence-electron chi connectivity index (χ4n) is 1.04. The average Bonchev–Trinajstić information content (AvgIpc) is 2.51. The number of hydrogen-bond acceptors (Lipinski definition) is 3. The van der Waals surface area contributed by atoms with Crippen LogP contribution < -0.4 is 0 Å². The van der Waals surface area contributed by atoms with E-state index in [1.54, 1.807) is 23.1 Å². The molecule has 2 rings (SSSR count). The van der Waals surface area contributed by atoms with Crippen molar-refractivity contribution >= 4 is 5.65 Å². The van der Waals surface area contributed by atoms with E-state index in [-0.39, 0.29) is 0 Å². The molecular weight excluding hydrogens is 152 g/mol. The maximum absolute atomic E-state index is 8.44. The molecule has 0 atom stereocenters. The van der Waals surface area contributed by atoms with Gasteiger partial charge in [0.2, 0.25) is 0 Å². The van der Waals surface area contributed by atoms with Crippen LogP contribution >= 0.6 is 0 Å². The van der Waals surface area contributed by atoms with Gasteiger partial charge in [-0.1, -0.05) is 0 Å². The molecule has 2 aromatic rings. The van der Waals surface area contributed by atoms with Gasteiger partial charge < -0.3 is 0 Å². The molecule has 4 nitrogen and oxygen atoms in total. The van der Waals surface area contributed by atoms with Crippen LogP contribution in [0.25, 0.3) is 5.65 Å². The van der Waals surface area contributed by atoms with Crippen LogP contribution in [0, 0.1) is 11.3 Å². The highest BCUT2D eigenvalue weighted by atomic mass is 15.0. The molecule has 58 valence electrons. The van der Waals surface area contributed by atoms with E-state index in [0.29, 0.717) is 6.42 Å². The lowest BCUT2D eigenvalue weighted by molar-refractivity contribution is 1.06. The van der Waals surface area contributed by atoms with Gasteiger partial charge in [0.1, 0.15) is 6.33 Å². The summed E-state index contributed by atoms with van der Waals surface area (Å²) < 4.78 is 1.80. The first-order chi connectivity index (χ1) is 5.90. The first kappa shape index (κ1) is 6.80. The molecular formula is C8H6N4. The summed E-state index contributed by atoms with van der Waals surface area (Å²) in [6.45, 7) is 0. The van der Waals surface area contributed by atoms with Crippen LogP contribution in [0.4, 0.5) is 0 Å². The van der Waals surface area contributed by atoms with Crippen molar-refractivity contribution in [3.05, 3.63) is 30.5 Å². The number of hydrogen-bond donors (Lipinski definition) is 0. The summed E-state index contributed by atoms with van der Waals surface area (Å²) >= 11 is 0. The van der Waals surface area contributed by atoms with E-state index in [0.717, 1.165) is 11.2 Å². The largest absolute Gasteiger partial charge is 0.290 e. The Morgan fingerprint density at radius 1 is 1.50 bits per heavy atom. The lowest BCUT2D eigenvalue weighted by Crippen LogP contribution is -1.90. The standard InChI is InChI=1S/C8H6N4/c9-2-1-7-3-11-8-4-10-6-12(8)5-7/h3-6H,1H2. The molecule has 0 bridgehead atoms. The number of nitrogens with zero attached hydrogens (tertiary/aromatic N) is 4. The van der Waals surface area contributed by atoms with E-state index in [1.807, 2.05) is 6.20 Å². The highest BCUT2D eigenvalue weighted by Gasteiger charge is 1.95. The SMILES string of the molecule is N#CCc1cnc2cncn2c1. The molecule has 2 heterocycles. The van der Waals surface area contributed by atoms with Crippen molar-refractivity contribution in [2.75, 3.05) is 0 Å². The van der Waals surface area contributed by atoms with Crippen molar-refractivity contribution in [3.8, 4) is 6.07 Å². The van der Waals surface area contributed by atoms with Crippen molar-refractivity contribution < 1.29 is 0 Å². The molecule has 0 spiro atoms. The Bertz CT molecular complexity index is 437. The fraction of sp³-hybridized carbons (Fsp3) is 0.125. The molecule has 2 aromatic heterocycles. The fourth-order valence-corrected chi connectivity index (χ4v) is 1.04. The molecule has 0 aliphatic heterocycles. The van der Waals surface area contributed by atoms with E-state index >= 15 is 0 Å². The smallest absolute Gasteiger partial charge is 0.156 e. The Balaban J connectivity index is 2.54. The van der Waals surface area contributed by atoms with Gasteiger partial charge in [0.25, 0.3) is 0 Å². The summed E-state index contributed by atoms with van der Waals surface area (Å²) in [5.74, 6) is 0. The maximum atomic E-state index is 8.44. The van der Waals surface area contributed by atoms with Gasteiger partial charge in [-0.25, -0.2) is 9.97 Å². The lowest BCUT2D eigenvalue weighted by atomic mass is 10.3. The normalized spacial score (nSPS) is 9.92. The lowest BCUT2D eigenvalue weighted by Gasteiger charge is -1.94. The molecule has 0 unspecified atom stereocenters. The van der Waals surface area contributed by atoms with Crippen molar-refractivity contribution in [3.63, 3.8) is 0 Å². The third-order valence-corrected chi connectivity index (χ3v) is 1.60. The number of aromatic nitrogens is 3. The van der Waals surface area contributed by atoms with E-state index in [2.05, 4.69) is 16.0 Å². The third-order valence-electron chi connectivity index (χ3n) is 1.60. The molecule has 0 radical (unpaired) electrons. The number of nitriles is 1. The van der Waals surface area contributed by atoms with Gasteiger partial charge in [-0.2, -0.15) is 5.26 Å². The number of fused-ring (bicyclic) bond motifs is 1. The average molecular weight is 158 g/mol. The van der Waals surface area contributed by atoms with Crippen LogP contribution in [0.3, 0.4) is 0 Å². The summed E-state index contributed by atoms with van der Waals surface area (Å²) in [5.41, 5.74) is 1.71. The van der Waals surface area contributed by atoms with Gasteiger partial charge in [0, 0.05) is 18.0 Å². The minimum absolute atomic E-state index is 0.390. The van der Waals surface area contributed by atoms with Gasteiger partial charge >= 0.3 is 0 Å². The number of imidazole rings is 1. The molecule has 0 fully saturated rings. The zero-order valence-corrected chi connectivity index (χ0v) is 6.31. The predicted molar refractivity (Wildman–Crippen MR) is 42.3 cm³/mol. The second kappa shape index (κ2) is 2.62. The number of rotatable bonds is 1. The molecule has 12 heavy (non-hydrogen) atoms. The van der Waals surface area contributed by atoms with Crippen molar-refractivity contribution in [2.45, 2.75) is 6.42 Å². The van der Waals surface area contributed by atoms with E-state index in [1.165, 1.54) is 0 Å². The minimum Gasteiger partial charge on any atom is -0.290 e. The first-order valence-corrected chi connectivity index (χ1v) is 3.53.